The predicted octanol–water partition coefficient (Wildman–Crippen LogP) is 4.36. The largest absolute Gasteiger partial charge is 0.466 e. The fraction of sp³-hybridized carbons (Fsp3) is 0.304. The smallest absolute Gasteiger partial charge is 0.271 e. The molecule has 0 radical (unpaired) electrons. The molecule has 0 saturated heterocycles. The molecule has 2 N–H and O–H groups in total. The molecule has 2 aliphatic rings. The van der Waals surface area contributed by atoms with Crippen molar-refractivity contribution < 1.29 is 14.5 Å². The maximum absolute atomic E-state index is 12.0. The molecule has 2 aromatic rings. The number of aliphatic imine (C=N–C) groups is 1. The zero-order valence-electron chi connectivity index (χ0n) is 17.1. The molecule has 1 aliphatic carbocycles. The van der Waals surface area contributed by atoms with Gasteiger partial charge in [0, 0.05) is 18.2 Å². The Kier molecular flexibility index (Phi) is 5.70. The van der Waals surface area contributed by atoms with E-state index in [9.17, 15) is 14.9 Å². The first-order valence-electron chi connectivity index (χ1n) is 10.3. The number of rotatable bonds is 6. The van der Waals surface area contributed by atoms with Gasteiger partial charge in [-0.25, -0.2) is 4.99 Å². The molecule has 1 fully saturated rings. The third-order valence-corrected chi connectivity index (χ3v) is 5.76. The Morgan fingerprint density at radius 1 is 1.16 bits per heavy atom. The summed E-state index contributed by atoms with van der Waals surface area (Å²) in [5.41, 5.74) is 7.69. The number of nitro benzene ring substituents is 1. The molecule has 0 aromatic heterocycles. The second kappa shape index (κ2) is 8.59. The number of nitrogens with zero attached hydrogens (tertiary/aromatic N) is 3. The lowest BCUT2D eigenvalue weighted by atomic mass is 9.82. The molecule has 1 aliphatic heterocycles. The first-order chi connectivity index (χ1) is 15.0. The molecule has 0 unspecified atom stereocenters. The Balaban J connectivity index is 1.78. The number of carbonyl (C=O) groups excluding carboxylic acids is 1. The van der Waals surface area contributed by atoms with Crippen molar-refractivity contribution >= 4 is 29.2 Å². The number of nitrogens with two attached hydrogens (primary N) is 1. The van der Waals surface area contributed by atoms with Gasteiger partial charge in [-0.1, -0.05) is 36.8 Å². The molecule has 0 atom stereocenters. The first-order valence-corrected chi connectivity index (χ1v) is 10.3. The Labute approximate surface area is 180 Å². The third-order valence-electron chi connectivity index (χ3n) is 5.76. The van der Waals surface area contributed by atoms with Crippen LogP contribution in [-0.4, -0.2) is 22.6 Å². The van der Waals surface area contributed by atoms with Crippen LogP contribution in [0.4, 0.5) is 17.1 Å². The summed E-state index contributed by atoms with van der Waals surface area (Å²) in [7, 11) is 0. The number of nitro groups is 1. The fourth-order valence-corrected chi connectivity index (χ4v) is 4.24. The van der Waals surface area contributed by atoms with Crippen molar-refractivity contribution in [3.63, 3.8) is 0 Å². The van der Waals surface area contributed by atoms with E-state index in [0.717, 1.165) is 37.7 Å². The number of amides is 1. The molecule has 0 bridgehead atoms. The summed E-state index contributed by atoms with van der Waals surface area (Å²) in [6.07, 6.45) is 7.09. The Morgan fingerprint density at radius 3 is 2.58 bits per heavy atom. The lowest BCUT2D eigenvalue weighted by Crippen LogP contribution is -2.39. The summed E-state index contributed by atoms with van der Waals surface area (Å²) in [6.45, 7) is 0.319. The molecule has 160 valence electrons. The van der Waals surface area contributed by atoms with E-state index in [4.69, 9.17) is 15.5 Å². The number of hydrogen-bond donors (Lipinski definition) is 1. The molecule has 1 heterocycles. The van der Waals surface area contributed by atoms with E-state index in [1.54, 1.807) is 12.1 Å². The zero-order chi connectivity index (χ0) is 21.8. The first kappa shape index (κ1) is 20.6. The summed E-state index contributed by atoms with van der Waals surface area (Å²) >= 11 is 0. The van der Waals surface area contributed by atoms with Crippen LogP contribution in [0.15, 0.2) is 65.5 Å². The zero-order valence-corrected chi connectivity index (χ0v) is 17.1. The van der Waals surface area contributed by atoms with Crippen LogP contribution in [0.5, 0.6) is 0 Å². The van der Waals surface area contributed by atoms with E-state index >= 15 is 0 Å². The van der Waals surface area contributed by atoms with Crippen LogP contribution in [0.3, 0.4) is 0 Å². The Morgan fingerprint density at radius 2 is 1.90 bits per heavy atom. The van der Waals surface area contributed by atoms with E-state index < -0.39 is 10.5 Å². The molecule has 1 saturated carbocycles. The van der Waals surface area contributed by atoms with Crippen molar-refractivity contribution in [3.8, 4) is 0 Å². The molecular formula is C23H24N4O4. The molecular weight excluding hydrogens is 396 g/mol. The normalized spacial score (nSPS) is 18.5. The SMILES string of the molecule is NC1=CC(=Nc2cc([N+](=O)[O-])ccc2N(C=O)Cc2ccccc2)C2(CCCCC2)O1. The molecule has 1 amide bonds. The monoisotopic (exact) mass is 420 g/mol. The van der Waals surface area contributed by atoms with Gasteiger partial charge in [-0.2, -0.15) is 0 Å². The van der Waals surface area contributed by atoms with Gasteiger partial charge >= 0.3 is 0 Å². The van der Waals surface area contributed by atoms with Gasteiger partial charge in [-0.05, 0) is 37.3 Å². The minimum absolute atomic E-state index is 0.0952. The average Bonchev–Trinajstić information content (AvgIpc) is 3.07. The van der Waals surface area contributed by atoms with Crippen LogP contribution in [-0.2, 0) is 16.1 Å². The van der Waals surface area contributed by atoms with Gasteiger partial charge in [-0.15, -0.1) is 0 Å². The molecule has 8 heteroatoms. The van der Waals surface area contributed by atoms with E-state index in [1.165, 1.54) is 17.0 Å². The number of anilines is 1. The van der Waals surface area contributed by atoms with Crippen LogP contribution >= 0.6 is 0 Å². The molecule has 8 nitrogen and oxygen atoms in total. The number of carbonyl (C=O) groups is 1. The average molecular weight is 420 g/mol. The van der Waals surface area contributed by atoms with Crippen molar-refractivity contribution in [2.24, 2.45) is 10.7 Å². The summed E-state index contributed by atoms with van der Waals surface area (Å²) in [4.78, 5) is 29.1. The number of benzene rings is 2. The van der Waals surface area contributed by atoms with E-state index in [2.05, 4.69) is 0 Å². The second-order valence-electron chi connectivity index (χ2n) is 7.85. The maximum atomic E-state index is 12.0. The minimum Gasteiger partial charge on any atom is -0.466 e. The van der Waals surface area contributed by atoms with Crippen LogP contribution in [0.2, 0.25) is 0 Å². The van der Waals surface area contributed by atoms with Crippen molar-refractivity contribution in [3.05, 3.63) is 76.2 Å². The van der Waals surface area contributed by atoms with Crippen molar-refractivity contribution in [1.82, 2.24) is 0 Å². The van der Waals surface area contributed by atoms with E-state index in [1.807, 2.05) is 30.3 Å². The van der Waals surface area contributed by atoms with Crippen LogP contribution < -0.4 is 10.6 Å². The number of hydrogen-bond acceptors (Lipinski definition) is 6. The lowest BCUT2D eigenvalue weighted by Gasteiger charge is -2.33. The highest BCUT2D eigenvalue weighted by Gasteiger charge is 2.43. The minimum atomic E-state index is -0.602. The van der Waals surface area contributed by atoms with Gasteiger partial charge in [-0.3, -0.25) is 14.9 Å². The van der Waals surface area contributed by atoms with Gasteiger partial charge < -0.3 is 15.4 Å². The van der Waals surface area contributed by atoms with Crippen LogP contribution in [0.25, 0.3) is 0 Å². The predicted molar refractivity (Wildman–Crippen MR) is 118 cm³/mol. The molecule has 31 heavy (non-hydrogen) atoms. The highest BCUT2D eigenvalue weighted by atomic mass is 16.6. The molecule has 4 rings (SSSR count). The summed E-state index contributed by atoms with van der Waals surface area (Å²) in [5.74, 6) is 0.296. The number of non-ortho nitro benzene ring substituents is 1. The van der Waals surface area contributed by atoms with Gasteiger partial charge in [0.1, 0.15) is 0 Å². The van der Waals surface area contributed by atoms with Crippen molar-refractivity contribution in [1.29, 1.82) is 0 Å². The highest BCUT2D eigenvalue weighted by molar-refractivity contribution is 6.06. The highest BCUT2D eigenvalue weighted by Crippen LogP contribution is 2.41. The Bertz CT molecular complexity index is 1040. The third kappa shape index (κ3) is 4.28. The van der Waals surface area contributed by atoms with E-state index in [-0.39, 0.29) is 5.69 Å². The summed E-state index contributed by atoms with van der Waals surface area (Å²) in [6, 6.07) is 13.9. The molecule has 2 aromatic carbocycles. The van der Waals surface area contributed by atoms with Gasteiger partial charge in [0.15, 0.2) is 11.5 Å². The van der Waals surface area contributed by atoms with Crippen molar-refractivity contribution in [2.45, 2.75) is 44.2 Å². The molecule has 1 spiro atoms. The summed E-state index contributed by atoms with van der Waals surface area (Å²) in [5, 5.41) is 11.4. The standard InChI is InChI=1S/C23H24N4O4/c24-22-14-21(23(31-22)11-5-2-6-12-23)25-19-13-18(27(29)30)9-10-20(19)26(16-28)15-17-7-3-1-4-8-17/h1,3-4,7-10,13-14,16H,2,5-6,11-12,15,24H2. The topological polar surface area (TPSA) is 111 Å². The second-order valence-corrected chi connectivity index (χ2v) is 7.85. The van der Waals surface area contributed by atoms with Crippen LogP contribution in [0.1, 0.15) is 37.7 Å². The Hall–Kier alpha value is -3.68. The quantitative estimate of drug-likeness (QED) is 0.424. The number of ether oxygens (including phenoxy) is 1. The van der Waals surface area contributed by atoms with E-state index in [0.29, 0.717) is 35.9 Å². The lowest BCUT2D eigenvalue weighted by molar-refractivity contribution is -0.384. The van der Waals surface area contributed by atoms with Crippen molar-refractivity contribution in [2.75, 3.05) is 4.90 Å². The van der Waals surface area contributed by atoms with Crippen LogP contribution in [0, 0.1) is 10.1 Å². The van der Waals surface area contributed by atoms with Gasteiger partial charge in [0.05, 0.1) is 28.6 Å². The summed E-state index contributed by atoms with van der Waals surface area (Å²) < 4.78 is 5.97. The van der Waals surface area contributed by atoms with Gasteiger partial charge in [0.2, 0.25) is 6.41 Å². The van der Waals surface area contributed by atoms with Gasteiger partial charge in [0.25, 0.3) is 5.69 Å². The fourth-order valence-electron chi connectivity index (χ4n) is 4.24. The maximum Gasteiger partial charge on any atom is 0.271 e.